The summed E-state index contributed by atoms with van der Waals surface area (Å²) >= 11 is 0. The largest absolute Gasteiger partial charge is 0.485 e. The molecule has 2 rings (SSSR count). The molecule has 1 saturated carbocycles. The Hall–Kier alpha value is -1.02. The molecule has 2 nitrogen and oxygen atoms in total. The highest BCUT2D eigenvalue weighted by molar-refractivity contribution is 5.29. The van der Waals surface area contributed by atoms with Gasteiger partial charge in [-0.2, -0.15) is 0 Å². The van der Waals surface area contributed by atoms with Crippen LogP contribution in [0.15, 0.2) is 24.3 Å². The molecule has 1 aliphatic carbocycles. The van der Waals surface area contributed by atoms with Crippen LogP contribution in [0.4, 0.5) is 0 Å². The lowest BCUT2D eigenvalue weighted by Gasteiger charge is -2.40. The molecule has 1 aromatic rings. The van der Waals surface area contributed by atoms with Crippen molar-refractivity contribution in [2.45, 2.75) is 38.2 Å². The van der Waals surface area contributed by atoms with Crippen LogP contribution < -0.4 is 4.74 Å². The van der Waals surface area contributed by atoms with Crippen molar-refractivity contribution in [3.63, 3.8) is 0 Å². The third-order valence-electron chi connectivity index (χ3n) is 3.19. The molecule has 0 heterocycles. The number of benzene rings is 1. The molecule has 0 amide bonds. The molecule has 0 bridgehead atoms. The zero-order valence-electron chi connectivity index (χ0n) is 9.20. The molecule has 0 aromatic heterocycles. The summed E-state index contributed by atoms with van der Waals surface area (Å²) in [6.45, 7) is 2.26. The van der Waals surface area contributed by atoms with Gasteiger partial charge in [0.25, 0.3) is 0 Å². The Kier molecular flexibility index (Phi) is 2.96. The van der Waals surface area contributed by atoms with E-state index in [0.717, 1.165) is 31.4 Å². The second kappa shape index (κ2) is 4.23. The van der Waals surface area contributed by atoms with E-state index in [1.54, 1.807) is 0 Å². The quantitative estimate of drug-likeness (QED) is 0.820. The molecule has 1 aliphatic rings. The van der Waals surface area contributed by atoms with Crippen LogP contribution in [0.3, 0.4) is 0 Å². The minimum atomic E-state index is -0.285. The van der Waals surface area contributed by atoms with Crippen LogP contribution in [0, 0.1) is 0 Å². The van der Waals surface area contributed by atoms with Gasteiger partial charge >= 0.3 is 0 Å². The Bertz CT molecular complexity index is 324. The van der Waals surface area contributed by atoms with Crippen LogP contribution in [0.25, 0.3) is 0 Å². The fourth-order valence-electron chi connectivity index (χ4n) is 1.94. The highest BCUT2D eigenvalue weighted by atomic mass is 16.5. The number of ether oxygens (including phenoxy) is 1. The molecule has 1 aromatic carbocycles. The highest BCUT2D eigenvalue weighted by Crippen LogP contribution is 2.36. The van der Waals surface area contributed by atoms with Gasteiger partial charge in [-0.05, 0) is 43.4 Å². The van der Waals surface area contributed by atoms with E-state index in [4.69, 9.17) is 4.74 Å². The van der Waals surface area contributed by atoms with E-state index in [1.165, 1.54) is 5.56 Å². The van der Waals surface area contributed by atoms with Crippen molar-refractivity contribution in [1.29, 1.82) is 0 Å². The van der Waals surface area contributed by atoms with Gasteiger partial charge in [0.15, 0.2) is 0 Å². The maximum Gasteiger partial charge on any atom is 0.132 e. The smallest absolute Gasteiger partial charge is 0.132 e. The fraction of sp³-hybridized carbons (Fsp3) is 0.538. The molecule has 15 heavy (non-hydrogen) atoms. The Morgan fingerprint density at radius 1 is 1.40 bits per heavy atom. The van der Waals surface area contributed by atoms with Gasteiger partial charge < -0.3 is 9.84 Å². The molecule has 0 atom stereocenters. The number of rotatable bonds is 4. The molecule has 2 heteroatoms. The maximum atomic E-state index is 9.30. The average Bonchev–Trinajstić information content (AvgIpc) is 2.24. The number of hydrogen-bond donors (Lipinski definition) is 1. The van der Waals surface area contributed by atoms with Crippen molar-refractivity contribution in [3.8, 4) is 5.75 Å². The van der Waals surface area contributed by atoms with Crippen LogP contribution in [0.1, 0.15) is 31.7 Å². The molecule has 0 aliphatic heterocycles. The van der Waals surface area contributed by atoms with E-state index in [-0.39, 0.29) is 12.2 Å². The van der Waals surface area contributed by atoms with Crippen molar-refractivity contribution in [2.75, 3.05) is 6.61 Å². The molecule has 0 radical (unpaired) electrons. The minimum Gasteiger partial charge on any atom is -0.485 e. The lowest BCUT2D eigenvalue weighted by atomic mass is 9.80. The van der Waals surface area contributed by atoms with Crippen molar-refractivity contribution < 1.29 is 9.84 Å². The average molecular weight is 206 g/mol. The summed E-state index contributed by atoms with van der Waals surface area (Å²) in [6, 6.07) is 8.14. The third-order valence-corrected chi connectivity index (χ3v) is 3.19. The molecule has 0 unspecified atom stereocenters. The summed E-state index contributed by atoms with van der Waals surface area (Å²) in [5.41, 5.74) is 0.992. The first-order valence-electron chi connectivity index (χ1n) is 5.67. The lowest BCUT2D eigenvalue weighted by molar-refractivity contribution is -0.0516. The predicted octanol–water partition coefficient (Wildman–Crippen LogP) is 2.54. The summed E-state index contributed by atoms with van der Waals surface area (Å²) in [5, 5.41) is 9.30. The summed E-state index contributed by atoms with van der Waals surface area (Å²) in [5.74, 6) is 0.892. The van der Waals surface area contributed by atoms with Crippen LogP contribution >= 0.6 is 0 Å². The standard InChI is InChI=1S/C13H18O2/c1-2-11-5-3-6-12(9-11)15-13(10-14)7-4-8-13/h3,5-6,9,14H,2,4,7-8,10H2,1H3. The van der Waals surface area contributed by atoms with Crippen LogP contribution in [-0.4, -0.2) is 17.3 Å². The van der Waals surface area contributed by atoms with Gasteiger partial charge in [0.2, 0.25) is 0 Å². The highest BCUT2D eigenvalue weighted by Gasteiger charge is 2.38. The van der Waals surface area contributed by atoms with Gasteiger partial charge in [0.1, 0.15) is 11.4 Å². The summed E-state index contributed by atoms with van der Waals surface area (Å²) in [6.07, 6.45) is 4.12. The van der Waals surface area contributed by atoms with Crippen molar-refractivity contribution in [3.05, 3.63) is 29.8 Å². The van der Waals surface area contributed by atoms with E-state index < -0.39 is 0 Å². The minimum absolute atomic E-state index is 0.128. The number of aliphatic hydroxyl groups is 1. The third kappa shape index (κ3) is 2.15. The zero-order valence-corrected chi connectivity index (χ0v) is 9.20. The maximum absolute atomic E-state index is 9.30. The molecular weight excluding hydrogens is 188 g/mol. The Balaban J connectivity index is 2.09. The Morgan fingerprint density at radius 2 is 2.20 bits per heavy atom. The van der Waals surface area contributed by atoms with Crippen LogP contribution in [0.5, 0.6) is 5.75 Å². The molecule has 0 spiro atoms. The number of aliphatic hydroxyl groups excluding tert-OH is 1. The Labute approximate surface area is 90.9 Å². The molecular formula is C13H18O2. The fourth-order valence-corrected chi connectivity index (χ4v) is 1.94. The monoisotopic (exact) mass is 206 g/mol. The molecule has 1 fully saturated rings. The normalized spacial score (nSPS) is 18.3. The first kappa shape index (κ1) is 10.5. The van der Waals surface area contributed by atoms with Gasteiger partial charge in [0.05, 0.1) is 6.61 Å². The zero-order chi connectivity index (χ0) is 10.7. The SMILES string of the molecule is CCc1cccc(OC2(CO)CCC2)c1. The van der Waals surface area contributed by atoms with Gasteiger partial charge in [0, 0.05) is 0 Å². The summed E-state index contributed by atoms with van der Waals surface area (Å²) in [7, 11) is 0. The van der Waals surface area contributed by atoms with Gasteiger partial charge in [-0.25, -0.2) is 0 Å². The summed E-state index contributed by atoms with van der Waals surface area (Å²) in [4.78, 5) is 0. The van der Waals surface area contributed by atoms with Crippen molar-refractivity contribution in [2.24, 2.45) is 0 Å². The molecule has 82 valence electrons. The first-order valence-corrected chi connectivity index (χ1v) is 5.67. The number of aryl methyl sites for hydroxylation is 1. The summed E-state index contributed by atoms with van der Waals surface area (Å²) < 4.78 is 5.88. The predicted molar refractivity (Wildman–Crippen MR) is 60.1 cm³/mol. The van der Waals surface area contributed by atoms with Gasteiger partial charge in [-0.3, -0.25) is 0 Å². The van der Waals surface area contributed by atoms with Gasteiger partial charge in [-0.1, -0.05) is 19.1 Å². The van der Waals surface area contributed by atoms with Crippen molar-refractivity contribution >= 4 is 0 Å². The van der Waals surface area contributed by atoms with E-state index in [2.05, 4.69) is 19.1 Å². The van der Waals surface area contributed by atoms with E-state index >= 15 is 0 Å². The van der Waals surface area contributed by atoms with E-state index in [1.807, 2.05) is 12.1 Å². The van der Waals surface area contributed by atoms with Crippen LogP contribution in [-0.2, 0) is 6.42 Å². The second-order valence-electron chi connectivity index (χ2n) is 4.30. The van der Waals surface area contributed by atoms with E-state index in [0.29, 0.717) is 0 Å². The lowest BCUT2D eigenvalue weighted by Crippen LogP contribution is -2.46. The Morgan fingerprint density at radius 3 is 2.73 bits per heavy atom. The van der Waals surface area contributed by atoms with Crippen molar-refractivity contribution in [1.82, 2.24) is 0 Å². The molecule has 0 saturated heterocycles. The number of hydrogen-bond acceptors (Lipinski definition) is 2. The van der Waals surface area contributed by atoms with Gasteiger partial charge in [-0.15, -0.1) is 0 Å². The first-order chi connectivity index (χ1) is 7.28. The van der Waals surface area contributed by atoms with Crippen LogP contribution in [0.2, 0.25) is 0 Å². The van der Waals surface area contributed by atoms with E-state index in [9.17, 15) is 5.11 Å². The topological polar surface area (TPSA) is 29.5 Å². The molecule has 1 N–H and O–H groups in total. The second-order valence-corrected chi connectivity index (χ2v) is 4.30.